The molecule has 0 aliphatic rings. The van der Waals surface area contributed by atoms with Crippen LogP contribution in [-0.4, -0.2) is 23.0 Å². The molecule has 0 radical (unpaired) electrons. The van der Waals surface area contributed by atoms with Crippen molar-refractivity contribution in [1.29, 1.82) is 0 Å². The molecule has 0 fully saturated rings. The van der Waals surface area contributed by atoms with E-state index >= 15 is 0 Å². The number of hydrogen-bond acceptors (Lipinski definition) is 5. The number of benzene rings is 1. The summed E-state index contributed by atoms with van der Waals surface area (Å²) in [5.41, 5.74) is 2.64. The maximum atomic E-state index is 12.4. The minimum absolute atomic E-state index is 0.307. The highest BCUT2D eigenvalue weighted by Gasteiger charge is 2.15. The highest BCUT2D eigenvalue weighted by molar-refractivity contribution is 7.13. The number of pyridine rings is 1. The first-order chi connectivity index (χ1) is 12.1. The van der Waals surface area contributed by atoms with Crippen LogP contribution >= 0.6 is 11.3 Å². The third kappa shape index (κ3) is 3.85. The Morgan fingerprint density at radius 3 is 2.64 bits per heavy atom. The van der Waals surface area contributed by atoms with Gasteiger partial charge < -0.3 is 10.1 Å². The van der Waals surface area contributed by atoms with E-state index in [1.165, 1.54) is 24.0 Å². The Kier molecular flexibility index (Phi) is 5.09. The van der Waals surface area contributed by atoms with Crippen molar-refractivity contribution in [3.05, 3.63) is 59.2 Å². The first-order valence-corrected chi connectivity index (χ1v) is 8.82. The standard InChI is InChI=1S/C19H19N3O2S/c1-12(2)13-6-8-14(9-7-13)19-21-15(11-25-19)18(23)22-17-16(24-3)5-4-10-20-17/h4-12H,1-3H3,(H,20,22,23). The van der Waals surface area contributed by atoms with Crippen molar-refractivity contribution in [3.8, 4) is 16.3 Å². The molecule has 0 saturated heterocycles. The molecule has 0 saturated carbocycles. The predicted molar refractivity (Wildman–Crippen MR) is 100 cm³/mol. The van der Waals surface area contributed by atoms with E-state index in [-0.39, 0.29) is 5.91 Å². The highest BCUT2D eigenvalue weighted by atomic mass is 32.1. The molecule has 0 aliphatic heterocycles. The third-order valence-electron chi connectivity index (χ3n) is 3.78. The highest BCUT2D eigenvalue weighted by Crippen LogP contribution is 2.27. The van der Waals surface area contributed by atoms with E-state index in [1.54, 1.807) is 23.7 Å². The molecule has 3 aromatic rings. The van der Waals surface area contributed by atoms with Crippen molar-refractivity contribution >= 4 is 23.1 Å². The topological polar surface area (TPSA) is 64.1 Å². The Morgan fingerprint density at radius 1 is 1.20 bits per heavy atom. The summed E-state index contributed by atoms with van der Waals surface area (Å²) < 4.78 is 5.19. The lowest BCUT2D eigenvalue weighted by Gasteiger charge is -2.07. The van der Waals surface area contributed by atoms with E-state index in [2.05, 4.69) is 41.3 Å². The van der Waals surface area contributed by atoms with Crippen molar-refractivity contribution in [2.45, 2.75) is 19.8 Å². The number of aromatic nitrogens is 2. The molecular formula is C19H19N3O2S. The maximum absolute atomic E-state index is 12.4. The average molecular weight is 353 g/mol. The summed E-state index contributed by atoms with van der Waals surface area (Å²) in [4.78, 5) is 21.0. The molecule has 0 unspecified atom stereocenters. The van der Waals surface area contributed by atoms with Crippen LogP contribution in [0, 0.1) is 0 Å². The molecular weight excluding hydrogens is 334 g/mol. The Bertz CT molecular complexity index is 872. The second kappa shape index (κ2) is 7.44. The van der Waals surface area contributed by atoms with Crippen molar-refractivity contribution in [3.63, 3.8) is 0 Å². The zero-order chi connectivity index (χ0) is 17.8. The summed E-state index contributed by atoms with van der Waals surface area (Å²) in [6.07, 6.45) is 1.60. The largest absolute Gasteiger partial charge is 0.493 e. The number of hydrogen-bond donors (Lipinski definition) is 1. The minimum atomic E-state index is -0.307. The van der Waals surface area contributed by atoms with Crippen LogP contribution in [0.5, 0.6) is 5.75 Å². The number of methoxy groups -OCH3 is 1. The Labute approximate surface area is 150 Å². The summed E-state index contributed by atoms with van der Waals surface area (Å²) in [6, 6.07) is 11.8. The normalized spacial score (nSPS) is 10.7. The number of carbonyl (C=O) groups is 1. The van der Waals surface area contributed by atoms with Crippen LogP contribution in [0.4, 0.5) is 5.82 Å². The first-order valence-electron chi connectivity index (χ1n) is 7.94. The molecule has 2 aromatic heterocycles. The molecule has 2 heterocycles. The zero-order valence-electron chi connectivity index (χ0n) is 14.3. The summed E-state index contributed by atoms with van der Waals surface area (Å²) >= 11 is 1.44. The van der Waals surface area contributed by atoms with Crippen LogP contribution in [0.15, 0.2) is 48.0 Å². The summed E-state index contributed by atoms with van der Waals surface area (Å²) in [5, 5.41) is 5.30. The molecule has 1 N–H and O–H groups in total. The van der Waals surface area contributed by atoms with Gasteiger partial charge in [-0.3, -0.25) is 4.79 Å². The van der Waals surface area contributed by atoms with Gasteiger partial charge in [-0.2, -0.15) is 0 Å². The number of nitrogens with one attached hydrogen (secondary N) is 1. The molecule has 0 atom stereocenters. The molecule has 0 spiro atoms. The summed E-state index contributed by atoms with van der Waals surface area (Å²) in [7, 11) is 1.54. The van der Waals surface area contributed by atoms with Gasteiger partial charge in [0, 0.05) is 17.1 Å². The smallest absolute Gasteiger partial charge is 0.276 e. The fraction of sp³-hybridized carbons (Fsp3) is 0.211. The van der Waals surface area contributed by atoms with Crippen LogP contribution in [-0.2, 0) is 0 Å². The van der Waals surface area contributed by atoms with Crippen LogP contribution in [0.1, 0.15) is 35.8 Å². The first kappa shape index (κ1) is 17.1. The van der Waals surface area contributed by atoms with Gasteiger partial charge in [-0.25, -0.2) is 9.97 Å². The number of rotatable bonds is 5. The van der Waals surface area contributed by atoms with E-state index in [0.717, 1.165) is 10.6 Å². The predicted octanol–water partition coefficient (Wildman–Crippen LogP) is 4.59. The van der Waals surface area contributed by atoms with Crippen molar-refractivity contribution in [2.75, 3.05) is 12.4 Å². The minimum Gasteiger partial charge on any atom is -0.493 e. The molecule has 0 bridgehead atoms. The van der Waals surface area contributed by atoms with Crippen molar-refractivity contribution in [2.24, 2.45) is 0 Å². The Morgan fingerprint density at radius 2 is 1.96 bits per heavy atom. The van der Waals surface area contributed by atoms with E-state index in [0.29, 0.717) is 23.2 Å². The van der Waals surface area contributed by atoms with Crippen molar-refractivity contribution in [1.82, 2.24) is 9.97 Å². The van der Waals surface area contributed by atoms with Gasteiger partial charge in [0.15, 0.2) is 11.6 Å². The van der Waals surface area contributed by atoms with Crippen LogP contribution < -0.4 is 10.1 Å². The number of carbonyl (C=O) groups excluding carboxylic acids is 1. The molecule has 0 aliphatic carbocycles. The third-order valence-corrected chi connectivity index (χ3v) is 4.68. The molecule has 5 nitrogen and oxygen atoms in total. The quantitative estimate of drug-likeness (QED) is 0.729. The zero-order valence-corrected chi connectivity index (χ0v) is 15.1. The number of anilines is 1. The number of ether oxygens (including phenoxy) is 1. The van der Waals surface area contributed by atoms with Gasteiger partial charge >= 0.3 is 0 Å². The van der Waals surface area contributed by atoms with Gasteiger partial charge in [0.05, 0.1) is 7.11 Å². The lowest BCUT2D eigenvalue weighted by atomic mass is 10.0. The van der Waals surface area contributed by atoms with Crippen LogP contribution in [0.2, 0.25) is 0 Å². The van der Waals surface area contributed by atoms with Gasteiger partial charge in [0.1, 0.15) is 10.7 Å². The van der Waals surface area contributed by atoms with Gasteiger partial charge in [0.2, 0.25) is 0 Å². The second-order valence-electron chi connectivity index (χ2n) is 5.82. The summed E-state index contributed by atoms with van der Waals surface area (Å²) in [6.45, 7) is 4.32. The fourth-order valence-electron chi connectivity index (χ4n) is 2.34. The number of amides is 1. The Balaban J connectivity index is 1.77. The van der Waals surface area contributed by atoms with Gasteiger partial charge in [-0.15, -0.1) is 11.3 Å². The van der Waals surface area contributed by atoms with E-state index < -0.39 is 0 Å². The van der Waals surface area contributed by atoms with Gasteiger partial charge in [-0.05, 0) is 23.6 Å². The molecule has 1 aromatic carbocycles. The molecule has 3 rings (SSSR count). The maximum Gasteiger partial charge on any atom is 0.276 e. The fourth-order valence-corrected chi connectivity index (χ4v) is 3.15. The average Bonchev–Trinajstić information content (AvgIpc) is 3.12. The monoisotopic (exact) mass is 353 g/mol. The van der Waals surface area contributed by atoms with Crippen LogP contribution in [0.3, 0.4) is 0 Å². The van der Waals surface area contributed by atoms with E-state index in [9.17, 15) is 4.79 Å². The van der Waals surface area contributed by atoms with Gasteiger partial charge in [-0.1, -0.05) is 38.1 Å². The molecule has 1 amide bonds. The van der Waals surface area contributed by atoms with E-state index in [1.807, 2.05) is 12.1 Å². The second-order valence-corrected chi connectivity index (χ2v) is 6.68. The molecule has 128 valence electrons. The SMILES string of the molecule is COc1cccnc1NC(=O)c1csc(-c2ccc(C(C)C)cc2)n1. The Hall–Kier alpha value is -2.73. The number of nitrogens with zero attached hydrogens (tertiary/aromatic N) is 2. The van der Waals surface area contributed by atoms with Gasteiger partial charge in [0.25, 0.3) is 5.91 Å². The molecule has 6 heteroatoms. The lowest BCUT2D eigenvalue weighted by molar-refractivity contribution is 0.102. The van der Waals surface area contributed by atoms with E-state index in [4.69, 9.17) is 4.74 Å². The summed E-state index contributed by atoms with van der Waals surface area (Å²) in [5.74, 6) is 1.07. The molecule has 25 heavy (non-hydrogen) atoms. The number of thiazole rings is 1. The van der Waals surface area contributed by atoms with Crippen molar-refractivity contribution < 1.29 is 9.53 Å². The van der Waals surface area contributed by atoms with Crippen LogP contribution in [0.25, 0.3) is 10.6 Å². The lowest BCUT2D eigenvalue weighted by Crippen LogP contribution is -2.14.